The number of rotatable bonds is 3. The Kier molecular flexibility index (Phi) is 4.38. The van der Waals surface area contributed by atoms with E-state index in [0.717, 1.165) is 6.54 Å². The molecule has 21 heavy (non-hydrogen) atoms. The largest absolute Gasteiger partial charge is 0.305 e. The van der Waals surface area contributed by atoms with E-state index in [2.05, 4.69) is 55.3 Å². The highest BCUT2D eigenvalue weighted by atomic mass is 32.2. The number of nitrogens with zero attached hydrogens (tertiary/aromatic N) is 1. The van der Waals surface area contributed by atoms with Crippen LogP contribution in [0.3, 0.4) is 0 Å². The molecular weight excluding hydrogens is 296 g/mol. The second-order valence-corrected chi connectivity index (χ2v) is 8.74. The second kappa shape index (κ2) is 6.11. The summed E-state index contributed by atoms with van der Waals surface area (Å²) in [6.07, 6.45) is 3.23. The molecule has 1 atom stereocenters. The molecule has 1 unspecified atom stereocenters. The third-order valence-corrected chi connectivity index (χ3v) is 6.22. The van der Waals surface area contributed by atoms with E-state index in [-0.39, 0.29) is 5.41 Å². The van der Waals surface area contributed by atoms with Gasteiger partial charge in [-0.2, -0.15) is 0 Å². The summed E-state index contributed by atoms with van der Waals surface area (Å²) in [4.78, 5) is 7.33. The average molecular weight is 319 g/mol. The number of thiazole rings is 1. The summed E-state index contributed by atoms with van der Waals surface area (Å²) < 4.78 is 0. The van der Waals surface area contributed by atoms with Crippen molar-refractivity contribution in [3.8, 4) is 0 Å². The third kappa shape index (κ3) is 3.50. The van der Waals surface area contributed by atoms with E-state index in [1.165, 1.54) is 32.5 Å². The Balaban J connectivity index is 1.68. The van der Waals surface area contributed by atoms with Crippen LogP contribution in [0.25, 0.3) is 0 Å². The summed E-state index contributed by atoms with van der Waals surface area (Å²) >= 11 is 3.80. The first-order valence-corrected chi connectivity index (χ1v) is 9.24. The molecule has 112 valence electrons. The molecule has 0 saturated heterocycles. The highest BCUT2D eigenvalue weighted by Crippen LogP contribution is 2.36. The molecule has 0 fully saturated rings. The first-order valence-electron chi connectivity index (χ1n) is 7.44. The zero-order chi connectivity index (χ0) is 14.9. The van der Waals surface area contributed by atoms with Crippen molar-refractivity contribution in [2.75, 3.05) is 5.75 Å². The molecular formula is C17H22N2S2. The first-order chi connectivity index (χ1) is 10.0. The van der Waals surface area contributed by atoms with Crippen LogP contribution >= 0.6 is 23.1 Å². The van der Waals surface area contributed by atoms with Gasteiger partial charge in [0.05, 0.1) is 5.01 Å². The van der Waals surface area contributed by atoms with Crippen molar-refractivity contribution >= 4 is 23.1 Å². The van der Waals surface area contributed by atoms with Gasteiger partial charge in [0.2, 0.25) is 0 Å². The van der Waals surface area contributed by atoms with E-state index in [4.69, 9.17) is 0 Å². The SMILES string of the molecule is CC(C)(C)c1ncc(CNC2CCSc3ccccc32)s1. The van der Waals surface area contributed by atoms with Gasteiger partial charge in [-0.25, -0.2) is 4.98 Å². The molecule has 3 rings (SSSR count). The van der Waals surface area contributed by atoms with Crippen LogP contribution in [0.15, 0.2) is 35.4 Å². The fraction of sp³-hybridized carbons (Fsp3) is 0.471. The minimum atomic E-state index is 0.150. The van der Waals surface area contributed by atoms with Gasteiger partial charge in [-0.3, -0.25) is 0 Å². The lowest BCUT2D eigenvalue weighted by atomic mass is 9.98. The summed E-state index contributed by atoms with van der Waals surface area (Å²) in [5, 5.41) is 4.94. The van der Waals surface area contributed by atoms with Crippen molar-refractivity contribution in [3.63, 3.8) is 0 Å². The molecule has 2 heterocycles. The van der Waals surface area contributed by atoms with Crippen molar-refractivity contribution in [1.29, 1.82) is 0 Å². The molecule has 4 heteroatoms. The van der Waals surface area contributed by atoms with Crippen LogP contribution in [0, 0.1) is 0 Å². The minimum Gasteiger partial charge on any atom is -0.305 e. The van der Waals surface area contributed by atoms with E-state index in [1.807, 2.05) is 29.3 Å². The highest BCUT2D eigenvalue weighted by molar-refractivity contribution is 7.99. The lowest BCUT2D eigenvalue weighted by molar-refractivity contribution is 0.512. The van der Waals surface area contributed by atoms with Crippen LogP contribution in [-0.4, -0.2) is 10.7 Å². The molecule has 0 bridgehead atoms. The molecule has 1 aliphatic heterocycles. The van der Waals surface area contributed by atoms with Crippen LogP contribution in [0.2, 0.25) is 0 Å². The maximum absolute atomic E-state index is 4.57. The number of nitrogens with one attached hydrogen (secondary N) is 1. The van der Waals surface area contributed by atoms with Gasteiger partial charge in [-0.15, -0.1) is 23.1 Å². The summed E-state index contributed by atoms with van der Waals surface area (Å²) in [5.74, 6) is 1.20. The number of benzene rings is 1. The molecule has 1 aliphatic rings. The van der Waals surface area contributed by atoms with Crippen molar-refractivity contribution in [2.24, 2.45) is 0 Å². The van der Waals surface area contributed by atoms with Gasteiger partial charge in [-0.05, 0) is 23.8 Å². The van der Waals surface area contributed by atoms with Gasteiger partial charge < -0.3 is 5.32 Å². The zero-order valence-corrected chi connectivity index (χ0v) is 14.5. The number of aromatic nitrogens is 1. The predicted molar refractivity (Wildman–Crippen MR) is 92.2 cm³/mol. The monoisotopic (exact) mass is 318 g/mol. The molecule has 1 aromatic carbocycles. The summed E-state index contributed by atoms with van der Waals surface area (Å²) in [6.45, 7) is 7.57. The van der Waals surface area contributed by atoms with Crippen molar-refractivity contribution in [1.82, 2.24) is 10.3 Å². The lowest BCUT2D eigenvalue weighted by Gasteiger charge is -2.25. The van der Waals surface area contributed by atoms with Crippen molar-refractivity contribution in [2.45, 2.75) is 50.1 Å². The number of hydrogen-bond donors (Lipinski definition) is 1. The second-order valence-electron chi connectivity index (χ2n) is 6.49. The average Bonchev–Trinajstić information content (AvgIpc) is 2.94. The number of hydrogen-bond acceptors (Lipinski definition) is 4. The normalized spacial score (nSPS) is 18.5. The Morgan fingerprint density at radius 1 is 1.29 bits per heavy atom. The van der Waals surface area contributed by atoms with Crippen LogP contribution in [0.1, 0.15) is 48.7 Å². The summed E-state index contributed by atoms with van der Waals surface area (Å²) in [5.41, 5.74) is 1.60. The van der Waals surface area contributed by atoms with E-state index in [9.17, 15) is 0 Å². The van der Waals surface area contributed by atoms with Gasteiger partial charge in [0, 0.05) is 34.0 Å². The zero-order valence-electron chi connectivity index (χ0n) is 12.8. The van der Waals surface area contributed by atoms with Gasteiger partial charge in [0.1, 0.15) is 0 Å². The highest BCUT2D eigenvalue weighted by Gasteiger charge is 2.21. The molecule has 0 saturated carbocycles. The van der Waals surface area contributed by atoms with Crippen LogP contribution in [-0.2, 0) is 12.0 Å². The smallest absolute Gasteiger partial charge is 0.0981 e. The molecule has 0 radical (unpaired) electrons. The molecule has 0 amide bonds. The quantitative estimate of drug-likeness (QED) is 0.882. The predicted octanol–water partition coefficient (Wildman–Crippen LogP) is 4.77. The Hall–Kier alpha value is -0.840. The van der Waals surface area contributed by atoms with E-state index < -0.39 is 0 Å². The molecule has 2 aromatic rings. The summed E-state index contributed by atoms with van der Waals surface area (Å²) in [7, 11) is 0. The molecule has 0 aliphatic carbocycles. The number of thioether (sulfide) groups is 1. The summed E-state index contributed by atoms with van der Waals surface area (Å²) in [6, 6.07) is 9.24. The Bertz CT molecular complexity index is 613. The maximum atomic E-state index is 4.57. The fourth-order valence-electron chi connectivity index (χ4n) is 2.51. The van der Waals surface area contributed by atoms with E-state index in [1.54, 1.807) is 0 Å². The Morgan fingerprint density at radius 3 is 2.86 bits per heavy atom. The fourth-order valence-corrected chi connectivity index (χ4v) is 4.56. The maximum Gasteiger partial charge on any atom is 0.0981 e. The third-order valence-electron chi connectivity index (χ3n) is 3.68. The number of fused-ring (bicyclic) bond motifs is 1. The van der Waals surface area contributed by atoms with Gasteiger partial charge in [-0.1, -0.05) is 39.0 Å². The first kappa shape index (κ1) is 15.1. The van der Waals surface area contributed by atoms with E-state index in [0.29, 0.717) is 6.04 Å². The van der Waals surface area contributed by atoms with Crippen molar-refractivity contribution in [3.05, 3.63) is 45.9 Å². The Morgan fingerprint density at radius 2 is 2.10 bits per heavy atom. The van der Waals surface area contributed by atoms with Crippen LogP contribution in [0.4, 0.5) is 0 Å². The minimum absolute atomic E-state index is 0.150. The van der Waals surface area contributed by atoms with Gasteiger partial charge >= 0.3 is 0 Å². The lowest BCUT2D eigenvalue weighted by Crippen LogP contribution is -2.23. The standard InChI is InChI=1S/C17H22N2S2/c1-17(2,3)16-19-11-12(21-16)10-18-14-8-9-20-15-7-5-4-6-13(14)15/h4-7,11,14,18H,8-10H2,1-3H3. The topological polar surface area (TPSA) is 24.9 Å². The molecule has 1 N–H and O–H groups in total. The Labute approximate surface area is 135 Å². The van der Waals surface area contributed by atoms with E-state index >= 15 is 0 Å². The van der Waals surface area contributed by atoms with Gasteiger partial charge in [0.15, 0.2) is 0 Å². The molecule has 2 nitrogen and oxygen atoms in total. The van der Waals surface area contributed by atoms with Crippen LogP contribution in [0.5, 0.6) is 0 Å². The van der Waals surface area contributed by atoms with Crippen molar-refractivity contribution < 1.29 is 0 Å². The van der Waals surface area contributed by atoms with Crippen LogP contribution < -0.4 is 5.32 Å². The van der Waals surface area contributed by atoms with Gasteiger partial charge in [0.25, 0.3) is 0 Å². The molecule has 1 aromatic heterocycles. The molecule has 0 spiro atoms.